The maximum Gasteiger partial charge on any atom is 0.0458 e. The highest BCUT2D eigenvalue weighted by atomic mass is 15.8. The van der Waals surface area contributed by atoms with Crippen molar-refractivity contribution in [2.45, 2.75) is 50.6 Å². The Kier molecular flexibility index (Phi) is 2.25. The third kappa shape index (κ3) is 1.30. The van der Waals surface area contributed by atoms with E-state index in [0.717, 1.165) is 23.8 Å². The van der Waals surface area contributed by atoms with Crippen LogP contribution in [0.4, 0.5) is 0 Å². The molecule has 0 bridgehead atoms. The van der Waals surface area contributed by atoms with E-state index in [0.29, 0.717) is 6.04 Å². The van der Waals surface area contributed by atoms with Gasteiger partial charge in [0.15, 0.2) is 0 Å². The molecular weight excluding hydrogens is 200 g/mol. The minimum absolute atomic E-state index is 0.670. The van der Waals surface area contributed by atoms with Gasteiger partial charge in [-0.2, -0.15) is 11.1 Å². The second-order valence-corrected chi connectivity index (χ2v) is 6.07. The molecule has 4 fully saturated rings. The maximum absolute atomic E-state index is 3.44. The molecule has 2 heterocycles. The van der Waals surface area contributed by atoms with Crippen molar-refractivity contribution in [2.75, 3.05) is 6.54 Å². The molecule has 2 saturated heterocycles. The van der Waals surface area contributed by atoms with Gasteiger partial charge in [0.1, 0.15) is 0 Å². The van der Waals surface area contributed by atoms with E-state index < -0.39 is 0 Å². The molecule has 0 spiro atoms. The maximum atomic E-state index is 3.44. The van der Waals surface area contributed by atoms with E-state index in [9.17, 15) is 0 Å². The van der Waals surface area contributed by atoms with Crippen molar-refractivity contribution in [2.24, 2.45) is 17.8 Å². The van der Waals surface area contributed by atoms with Gasteiger partial charge < -0.3 is 0 Å². The summed E-state index contributed by atoms with van der Waals surface area (Å²) in [6, 6.07) is 1.42. The summed E-state index contributed by atoms with van der Waals surface area (Å²) >= 11 is 0. The molecule has 0 aromatic heterocycles. The molecular formula is C12H22N4. The van der Waals surface area contributed by atoms with E-state index in [4.69, 9.17) is 0 Å². The summed E-state index contributed by atoms with van der Waals surface area (Å²) in [5.74, 6) is 3.00. The third-order valence-corrected chi connectivity index (χ3v) is 5.45. The summed E-state index contributed by atoms with van der Waals surface area (Å²) in [5, 5.41) is 2.47. The standard InChI is InChI=1S/C12H22N4/c1-2-8-4-5-10-12-11(8)9(3-1)6-7-16(12)15-14-13-10/h8-15H,1-7H2. The van der Waals surface area contributed by atoms with Crippen LogP contribution in [0.5, 0.6) is 0 Å². The monoisotopic (exact) mass is 222 g/mol. The summed E-state index contributed by atoms with van der Waals surface area (Å²) in [4.78, 5) is 0. The van der Waals surface area contributed by atoms with E-state index in [1.165, 1.54) is 45.1 Å². The van der Waals surface area contributed by atoms with Crippen molar-refractivity contribution in [3.05, 3.63) is 0 Å². The molecule has 4 rings (SSSR count). The van der Waals surface area contributed by atoms with E-state index in [1.54, 1.807) is 0 Å². The Hall–Kier alpha value is -0.160. The fourth-order valence-electron chi connectivity index (χ4n) is 4.84. The smallest absolute Gasteiger partial charge is 0.0458 e. The van der Waals surface area contributed by atoms with Crippen LogP contribution in [0.25, 0.3) is 0 Å². The predicted molar refractivity (Wildman–Crippen MR) is 61.9 cm³/mol. The fraction of sp³-hybridized carbons (Fsp3) is 1.00. The second-order valence-electron chi connectivity index (χ2n) is 6.07. The van der Waals surface area contributed by atoms with Gasteiger partial charge in [0.25, 0.3) is 0 Å². The lowest BCUT2D eigenvalue weighted by Crippen LogP contribution is -2.75. The molecule has 2 aliphatic heterocycles. The normalized spacial score (nSPS) is 52.1. The van der Waals surface area contributed by atoms with Crippen molar-refractivity contribution >= 4 is 0 Å². The molecule has 2 aliphatic carbocycles. The average Bonchev–Trinajstić information content (AvgIpc) is 2.36. The number of nitrogens with zero attached hydrogens (tertiary/aromatic N) is 1. The lowest BCUT2D eigenvalue weighted by atomic mass is 9.59. The van der Waals surface area contributed by atoms with Gasteiger partial charge in [-0.3, -0.25) is 0 Å². The van der Waals surface area contributed by atoms with Crippen LogP contribution >= 0.6 is 0 Å². The quantitative estimate of drug-likeness (QED) is 0.566. The molecule has 5 atom stereocenters. The zero-order valence-corrected chi connectivity index (χ0v) is 9.78. The highest BCUT2D eigenvalue weighted by Crippen LogP contribution is 2.48. The Morgan fingerprint density at radius 2 is 1.81 bits per heavy atom. The first kappa shape index (κ1) is 9.83. The van der Waals surface area contributed by atoms with Crippen molar-refractivity contribution < 1.29 is 0 Å². The van der Waals surface area contributed by atoms with Crippen molar-refractivity contribution in [1.29, 1.82) is 0 Å². The topological polar surface area (TPSA) is 39.3 Å². The average molecular weight is 222 g/mol. The fourth-order valence-corrected chi connectivity index (χ4v) is 4.84. The van der Waals surface area contributed by atoms with Crippen molar-refractivity contribution in [3.8, 4) is 0 Å². The molecule has 2 saturated carbocycles. The van der Waals surface area contributed by atoms with E-state index >= 15 is 0 Å². The van der Waals surface area contributed by atoms with Crippen LogP contribution in [0.2, 0.25) is 0 Å². The molecule has 16 heavy (non-hydrogen) atoms. The van der Waals surface area contributed by atoms with Gasteiger partial charge in [-0.05, 0) is 37.0 Å². The number of nitrogens with one attached hydrogen (secondary N) is 3. The predicted octanol–water partition coefficient (Wildman–Crippen LogP) is 0.783. The molecule has 4 heteroatoms. The highest BCUT2D eigenvalue weighted by molar-refractivity contribution is 5.03. The minimum Gasteiger partial charge on any atom is -0.238 e. The van der Waals surface area contributed by atoms with Crippen LogP contribution in [0.3, 0.4) is 0 Å². The Labute approximate surface area is 97.1 Å². The summed E-state index contributed by atoms with van der Waals surface area (Å²) < 4.78 is 0. The van der Waals surface area contributed by atoms with Crippen LogP contribution in [0, 0.1) is 17.8 Å². The van der Waals surface area contributed by atoms with Gasteiger partial charge in [-0.1, -0.05) is 19.3 Å². The Morgan fingerprint density at radius 3 is 2.75 bits per heavy atom. The highest BCUT2D eigenvalue weighted by Gasteiger charge is 2.50. The Morgan fingerprint density at radius 1 is 0.938 bits per heavy atom. The van der Waals surface area contributed by atoms with Gasteiger partial charge in [0.05, 0.1) is 0 Å². The van der Waals surface area contributed by atoms with Gasteiger partial charge in [0.2, 0.25) is 0 Å². The first-order valence-electron chi connectivity index (χ1n) is 6.96. The zero-order chi connectivity index (χ0) is 10.5. The van der Waals surface area contributed by atoms with Gasteiger partial charge >= 0.3 is 0 Å². The SMILES string of the molecule is C1CC2CCC3NNNN4CCC(C1)C2C34. The number of hydrogen-bond donors (Lipinski definition) is 3. The van der Waals surface area contributed by atoms with Gasteiger partial charge in [-0.15, -0.1) is 0 Å². The molecule has 3 N–H and O–H groups in total. The molecule has 0 aromatic carbocycles. The third-order valence-electron chi connectivity index (χ3n) is 5.45. The van der Waals surface area contributed by atoms with Gasteiger partial charge in [-0.25, -0.2) is 10.4 Å². The summed E-state index contributed by atoms with van der Waals surface area (Å²) in [6.07, 6.45) is 8.67. The number of piperidine rings is 1. The molecule has 0 radical (unpaired) electrons. The van der Waals surface area contributed by atoms with E-state index in [1.807, 2.05) is 0 Å². The first-order valence-corrected chi connectivity index (χ1v) is 6.96. The summed E-state index contributed by atoms with van der Waals surface area (Å²) in [6.45, 7) is 1.23. The summed E-state index contributed by atoms with van der Waals surface area (Å²) in [5.41, 5.74) is 9.88. The Balaban J connectivity index is 1.67. The second kappa shape index (κ2) is 3.67. The number of hydrogen-bond acceptors (Lipinski definition) is 4. The van der Waals surface area contributed by atoms with Crippen LogP contribution in [-0.2, 0) is 0 Å². The van der Waals surface area contributed by atoms with Crippen LogP contribution in [-0.4, -0.2) is 23.6 Å². The van der Waals surface area contributed by atoms with Gasteiger partial charge in [0, 0.05) is 18.6 Å². The molecule has 5 unspecified atom stereocenters. The minimum atomic E-state index is 0.670. The van der Waals surface area contributed by atoms with Crippen molar-refractivity contribution in [1.82, 2.24) is 21.5 Å². The zero-order valence-electron chi connectivity index (χ0n) is 9.78. The number of hydrazine groups is 3. The van der Waals surface area contributed by atoms with Crippen molar-refractivity contribution in [3.63, 3.8) is 0 Å². The van der Waals surface area contributed by atoms with E-state index in [-0.39, 0.29) is 0 Å². The Bertz CT molecular complexity index is 230. The van der Waals surface area contributed by atoms with E-state index in [2.05, 4.69) is 21.5 Å². The largest absolute Gasteiger partial charge is 0.238 e. The van der Waals surface area contributed by atoms with Crippen LogP contribution < -0.4 is 16.5 Å². The lowest BCUT2D eigenvalue weighted by Gasteiger charge is -2.58. The van der Waals surface area contributed by atoms with Crippen LogP contribution in [0.15, 0.2) is 0 Å². The number of rotatable bonds is 0. The molecule has 90 valence electrons. The molecule has 4 nitrogen and oxygen atoms in total. The molecule has 4 aliphatic rings. The summed E-state index contributed by atoms with van der Waals surface area (Å²) in [7, 11) is 0. The van der Waals surface area contributed by atoms with Crippen LogP contribution in [0.1, 0.15) is 38.5 Å². The molecule has 0 amide bonds. The first-order chi connectivity index (χ1) is 7.93. The lowest BCUT2D eigenvalue weighted by molar-refractivity contribution is -0.118. The molecule has 0 aromatic rings.